The maximum absolute atomic E-state index is 12.4. The van der Waals surface area contributed by atoms with E-state index >= 15 is 0 Å². The Labute approximate surface area is 133 Å². The summed E-state index contributed by atoms with van der Waals surface area (Å²) < 4.78 is 33.0. The molecule has 3 unspecified atom stereocenters. The summed E-state index contributed by atoms with van der Waals surface area (Å²) in [4.78, 5) is 0. The molecule has 3 rings (SSSR count). The highest BCUT2D eigenvalue weighted by Crippen LogP contribution is 2.40. The molecule has 0 aromatic heterocycles. The lowest BCUT2D eigenvalue weighted by Gasteiger charge is -2.45. The van der Waals surface area contributed by atoms with Gasteiger partial charge in [0, 0.05) is 18.7 Å². The van der Waals surface area contributed by atoms with Crippen molar-refractivity contribution in [3.8, 4) is 0 Å². The Hall–Kier alpha value is 0.120. The van der Waals surface area contributed by atoms with Crippen LogP contribution in [0.15, 0.2) is 0 Å². The van der Waals surface area contributed by atoms with E-state index in [1.165, 1.54) is 6.42 Å². The van der Waals surface area contributed by atoms with E-state index in [2.05, 4.69) is 4.72 Å². The van der Waals surface area contributed by atoms with Gasteiger partial charge in [-0.1, -0.05) is 6.42 Å². The van der Waals surface area contributed by atoms with Gasteiger partial charge >= 0.3 is 0 Å². The maximum atomic E-state index is 12.4. The highest BCUT2D eigenvalue weighted by atomic mass is 35.5. The first-order valence-electron chi connectivity index (χ1n) is 7.87. The van der Waals surface area contributed by atoms with E-state index in [-0.39, 0.29) is 36.2 Å². The van der Waals surface area contributed by atoms with Crippen LogP contribution >= 0.6 is 12.4 Å². The molecule has 1 saturated heterocycles. The van der Waals surface area contributed by atoms with Crippen LogP contribution in [-0.2, 0) is 14.8 Å². The van der Waals surface area contributed by atoms with Crippen LogP contribution in [0.25, 0.3) is 0 Å². The predicted octanol–water partition coefficient (Wildman–Crippen LogP) is 1.27. The van der Waals surface area contributed by atoms with Crippen molar-refractivity contribution in [2.75, 3.05) is 19.0 Å². The van der Waals surface area contributed by atoms with Gasteiger partial charge in [0.25, 0.3) is 0 Å². The zero-order chi connectivity index (χ0) is 14.2. The lowest BCUT2D eigenvalue weighted by Crippen LogP contribution is -2.54. The largest absolute Gasteiger partial charge is 0.381 e. The van der Waals surface area contributed by atoms with Crippen molar-refractivity contribution in [1.29, 1.82) is 0 Å². The first-order valence-corrected chi connectivity index (χ1v) is 9.52. The number of ether oxygens (including phenoxy) is 1. The van der Waals surface area contributed by atoms with Gasteiger partial charge in [-0.2, -0.15) is 0 Å². The van der Waals surface area contributed by atoms with E-state index < -0.39 is 10.0 Å². The fourth-order valence-electron chi connectivity index (χ4n) is 4.26. The summed E-state index contributed by atoms with van der Waals surface area (Å²) in [5.41, 5.74) is 6.09. The molecule has 5 nitrogen and oxygen atoms in total. The van der Waals surface area contributed by atoms with Gasteiger partial charge in [0.15, 0.2) is 0 Å². The lowest BCUT2D eigenvalue weighted by atomic mass is 9.67. The summed E-state index contributed by atoms with van der Waals surface area (Å²) in [6.45, 7) is 1.28. The molecular weight excluding hydrogens is 312 g/mol. The molecule has 2 aliphatic carbocycles. The summed E-state index contributed by atoms with van der Waals surface area (Å²) in [5, 5.41) is 0. The summed E-state index contributed by atoms with van der Waals surface area (Å²) in [7, 11) is -3.19. The molecule has 0 radical (unpaired) electrons. The number of rotatable bonds is 4. The molecule has 2 saturated carbocycles. The molecule has 1 aliphatic heterocycles. The van der Waals surface area contributed by atoms with E-state index in [0.717, 1.165) is 32.1 Å². The third kappa shape index (κ3) is 4.32. The number of halogens is 1. The standard InChI is InChI=1S/C14H26N2O3S.ClH/c15-13-6-11-2-1-3-12(7-13)14(11)16-20(17,18)9-10-4-5-19-8-10;/h10-14,16H,1-9,15H2;1H. The molecule has 0 aromatic rings. The third-order valence-corrected chi connectivity index (χ3v) is 6.71. The van der Waals surface area contributed by atoms with Crippen molar-refractivity contribution in [1.82, 2.24) is 4.72 Å². The minimum absolute atomic E-state index is 0. The Morgan fingerprint density at radius 3 is 2.38 bits per heavy atom. The van der Waals surface area contributed by atoms with Gasteiger partial charge in [-0.15, -0.1) is 12.4 Å². The van der Waals surface area contributed by atoms with Gasteiger partial charge in [0.2, 0.25) is 10.0 Å². The smallest absolute Gasteiger partial charge is 0.212 e. The maximum Gasteiger partial charge on any atom is 0.212 e. The van der Waals surface area contributed by atoms with Crippen LogP contribution in [0.4, 0.5) is 0 Å². The zero-order valence-corrected chi connectivity index (χ0v) is 14.0. The van der Waals surface area contributed by atoms with Crippen molar-refractivity contribution >= 4 is 22.4 Å². The fraction of sp³-hybridized carbons (Fsp3) is 1.00. The molecule has 3 N–H and O–H groups in total. The molecule has 124 valence electrons. The average molecular weight is 339 g/mol. The Kier molecular flexibility index (Phi) is 5.93. The zero-order valence-electron chi connectivity index (χ0n) is 12.4. The molecule has 3 atom stereocenters. The van der Waals surface area contributed by atoms with Crippen molar-refractivity contribution in [3.05, 3.63) is 0 Å². The number of hydrogen-bond acceptors (Lipinski definition) is 4. The Morgan fingerprint density at radius 2 is 1.81 bits per heavy atom. The van der Waals surface area contributed by atoms with Gasteiger partial charge in [0.1, 0.15) is 0 Å². The van der Waals surface area contributed by atoms with E-state index in [1.807, 2.05) is 0 Å². The van der Waals surface area contributed by atoms with E-state index in [0.29, 0.717) is 25.0 Å². The number of hydrogen-bond donors (Lipinski definition) is 2. The van der Waals surface area contributed by atoms with Gasteiger partial charge in [-0.3, -0.25) is 0 Å². The SMILES string of the molecule is Cl.NC1CC2CCCC(C1)C2NS(=O)(=O)CC1CCOC1. The topological polar surface area (TPSA) is 81.4 Å². The Balaban J connectivity index is 0.00000161. The first kappa shape index (κ1) is 17.5. The van der Waals surface area contributed by atoms with E-state index in [1.54, 1.807) is 0 Å². The molecule has 2 bridgehead atoms. The summed E-state index contributed by atoms with van der Waals surface area (Å²) in [6, 6.07) is 0.380. The molecule has 3 fully saturated rings. The predicted molar refractivity (Wildman–Crippen MR) is 84.9 cm³/mol. The molecule has 0 spiro atoms. The normalized spacial score (nSPS) is 39.8. The molecule has 0 amide bonds. The molecule has 21 heavy (non-hydrogen) atoms. The fourth-order valence-corrected chi connectivity index (χ4v) is 6.04. The van der Waals surface area contributed by atoms with Crippen LogP contribution in [0, 0.1) is 17.8 Å². The molecular formula is C14H27ClN2O3S. The van der Waals surface area contributed by atoms with Crippen molar-refractivity contribution in [3.63, 3.8) is 0 Å². The monoisotopic (exact) mass is 338 g/mol. The number of nitrogens with one attached hydrogen (secondary N) is 1. The van der Waals surface area contributed by atoms with Crippen LogP contribution in [0.2, 0.25) is 0 Å². The van der Waals surface area contributed by atoms with Gasteiger partial charge in [-0.05, 0) is 49.9 Å². The minimum atomic E-state index is -3.19. The third-order valence-electron chi connectivity index (χ3n) is 5.17. The van der Waals surface area contributed by atoms with Gasteiger partial charge in [-0.25, -0.2) is 13.1 Å². The Bertz CT molecular complexity index is 426. The van der Waals surface area contributed by atoms with Crippen molar-refractivity contribution < 1.29 is 13.2 Å². The highest BCUT2D eigenvalue weighted by Gasteiger charge is 2.41. The summed E-state index contributed by atoms with van der Waals surface area (Å²) in [6.07, 6.45) is 6.25. The van der Waals surface area contributed by atoms with Crippen LogP contribution in [0.5, 0.6) is 0 Å². The molecule has 7 heteroatoms. The number of nitrogens with two attached hydrogens (primary N) is 1. The quantitative estimate of drug-likeness (QED) is 0.808. The first-order chi connectivity index (χ1) is 9.53. The van der Waals surface area contributed by atoms with Crippen LogP contribution in [0.3, 0.4) is 0 Å². The number of fused-ring (bicyclic) bond motifs is 2. The van der Waals surface area contributed by atoms with Crippen molar-refractivity contribution in [2.24, 2.45) is 23.5 Å². The van der Waals surface area contributed by atoms with Gasteiger partial charge in [0.05, 0.1) is 12.4 Å². The van der Waals surface area contributed by atoms with Crippen molar-refractivity contribution in [2.45, 2.75) is 50.6 Å². The average Bonchev–Trinajstić information content (AvgIpc) is 2.82. The lowest BCUT2D eigenvalue weighted by molar-refractivity contribution is 0.125. The second-order valence-corrected chi connectivity index (χ2v) is 8.64. The van der Waals surface area contributed by atoms with E-state index in [4.69, 9.17) is 10.5 Å². The van der Waals surface area contributed by atoms with E-state index in [9.17, 15) is 8.42 Å². The Morgan fingerprint density at radius 1 is 1.14 bits per heavy atom. The summed E-state index contributed by atoms with van der Waals surface area (Å²) in [5.74, 6) is 1.26. The summed E-state index contributed by atoms with van der Waals surface area (Å²) >= 11 is 0. The second-order valence-electron chi connectivity index (χ2n) is 6.84. The molecule has 1 heterocycles. The minimum Gasteiger partial charge on any atom is -0.381 e. The highest BCUT2D eigenvalue weighted by molar-refractivity contribution is 7.89. The van der Waals surface area contributed by atoms with Crippen LogP contribution in [0.1, 0.15) is 38.5 Å². The van der Waals surface area contributed by atoms with Crippen LogP contribution in [-0.4, -0.2) is 39.5 Å². The number of sulfonamides is 1. The second kappa shape index (κ2) is 7.13. The molecule has 3 aliphatic rings. The van der Waals surface area contributed by atoms with Gasteiger partial charge < -0.3 is 10.5 Å². The van der Waals surface area contributed by atoms with Crippen LogP contribution < -0.4 is 10.5 Å². The molecule has 0 aromatic carbocycles.